The number of ether oxygens (including phenoxy) is 1. The van der Waals surface area contributed by atoms with Gasteiger partial charge in [0.25, 0.3) is 0 Å². The van der Waals surface area contributed by atoms with Gasteiger partial charge < -0.3 is 14.7 Å². The number of hydrogen-bond donors (Lipinski definition) is 1. The van der Waals surface area contributed by atoms with Gasteiger partial charge in [-0.3, -0.25) is 4.79 Å². The van der Waals surface area contributed by atoms with Crippen molar-refractivity contribution >= 4 is 5.91 Å². The molecule has 1 atom stereocenters. The standard InChI is InChI=1S/C15H29NO3/c1-12(2)10-13(3)19-9-6-15(18)16-7-4-14(11-17)5-8-16/h12-14,17H,4-11H2,1-3H3. The van der Waals surface area contributed by atoms with Crippen LogP contribution in [0.2, 0.25) is 0 Å². The molecule has 0 spiro atoms. The van der Waals surface area contributed by atoms with Crippen LogP contribution >= 0.6 is 0 Å². The summed E-state index contributed by atoms with van der Waals surface area (Å²) in [6, 6.07) is 0. The van der Waals surface area contributed by atoms with Gasteiger partial charge in [0, 0.05) is 19.7 Å². The molecule has 19 heavy (non-hydrogen) atoms. The third-order valence-corrected chi connectivity index (χ3v) is 3.75. The predicted molar refractivity (Wildman–Crippen MR) is 75.9 cm³/mol. The Morgan fingerprint density at radius 1 is 1.32 bits per heavy atom. The summed E-state index contributed by atoms with van der Waals surface area (Å²) in [7, 11) is 0. The Labute approximate surface area is 117 Å². The molecular weight excluding hydrogens is 242 g/mol. The molecule has 0 aliphatic carbocycles. The Bertz CT molecular complexity index is 260. The van der Waals surface area contributed by atoms with E-state index in [4.69, 9.17) is 9.84 Å². The van der Waals surface area contributed by atoms with Crippen molar-refractivity contribution in [1.29, 1.82) is 0 Å². The van der Waals surface area contributed by atoms with E-state index in [0.29, 0.717) is 24.9 Å². The Balaban J connectivity index is 2.14. The number of rotatable bonds is 7. The van der Waals surface area contributed by atoms with E-state index in [1.54, 1.807) is 0 Å². The zero-order chi connectivity index (χ0) is 14.3. The molecule has 1 aliphatic heterocycles. The quantitative estimate of drug-likeness (QED) is 0.771. The predicted octanol–water partition coefficient (Wildman–Crippen LogP) is 2.06. The van der Waals surface area contributed by atoms with Crippen LogP contribution in [0.15, 0.2) is 0 Å². The molecule has 0 radical (unpaired) electrons. The van der Waals surface area contributed by atoms with Crippen molar-refractivity contribution in [2.75, 3.05) is 26.3 Å². The number of carbonyl (C=O) groups is 1. The van der Waals surface area contributed by atoms with E-state index in [-0.39, 0.29) is 18.6 Å². The summed E-state index contributed by atoms with van der Waals surface area (Å²) in [5.74, 6) is 1.20. The van der Waals surface area contributed by atoms with Crippen LogP contribution in [0.5, 0.6) is 0 Å². The largest absolute Gasteiger partial charge is 0.396 e. The van der Waals surface area contributed by atoms with Gasteiger partial charge in [0.15, 0.2) is 0 Å². The second-order valence-electron chi connectivity index (χ2n) is 6.07. The van der Waals surface area contributed by atoms with Crippen molar-refractivity contribution in [2.45, 2.75) is 52.6 Å². The molecule has 112 valence electrons. The first-order valence-electron chi connectivity index (χ1n) is 7.53. The zero-order valence-corrected chi connectivity index (χ0v) is 12.6. The lowest BCUT2D eigenvalue weighted by molar-refractivity contribution is -0.134. The highest BCUT2D eigenvalue weighted by atomic mass is 16.5. The molecule has 1 aliphatic rings. The van der Waals surface area contributed by atoms with Gasteiger partial charge in [0.2, 0.25) is 5.91 Å². The van der Waals surface area contributed by atoms with Gasteiger partial charge >= 0.3 is 0 Å². The second-order valence-corrected chi connectivity index (χ2v) is 6.07. The average molecular weight is 271 g/mol. The Morgan fingerprint density at radius 3 is 2.47 bits per heavy atom. The van der Waals surface area contributed by atoms with E-state index in [2.05, 4.69) is 20.8 Å². The van der Waals surface area contributed by atoms with Crippen LogP contribution < -0.4 is 0 Å². The van der Waals surface area contributed by atoms with Crippen molar-refractivity contribution in [3.05, 3.63) is 0 Å². The number of hydrogen-bond acceptors (Lipinski definition) is 3. The smallest absolute Gasteiger partial charge is 0.224 e. The van der Waals surface area contributed by atoms with Crippen molar-refractivity contribution in [3.8, 4) is 0 Å². The summed E-state index contributed by atoms with van der Waals surface area (Å²) in [4.78, 5) is 13.9. The normalized spacial score (nSPS) is 18.9. The Morgan fingerprint density at radius 2 is 1.95 bits per heavy atom. The minimum Gasteiger partial charge on any atom is -0.396 e. The molecule has 1 N–H and O–H groups in total. The van der Waals surface area contributed by atoms with Crippen LogP contribution in [0.25, 0.3) is 0 Å². The van der Waals surface area contributed by atoms with E-state index >= 15 is 0 Å². The van der Waals surface area contributed by atoms with E-state index in [1.165, 1.54) is 0 Å². The number of amides is 1. The first-order chi connectivity index (χ1) is 9.02. The fourth-order valence-corrected chi connectivity index (χ4v) is 2.60. The third kappa shape index (κ3) is 6.39. The number of nitrogens with zero attached hydrogens (tertiary/aromatic N) is 1. The number of piperidine rings is 1. The molecule has 4 nitrogen and oxygen atoms in total. The Kier molecular flexibility index (Phi) is 7.39. The van der Waals surface area contributed by atoms with Gasteiger partial charge in [-0.15, -0.1) is 0 Å². The molecule has 0 aromatic carbocycles. The van der Waals surface area contributed by atoms with Crippen molar-refractivity contribution in [2.24, 2.45) is 11.8 Å². The van der Waals surface area contributed by atoms with Crippen molar-refractivity contribution < 1.29 is 14.6 Å². The van der Waals surface area contributed by atoms with E-state index in [0.717, 1.165) is 32.4 Å². The molecule has 0 aromatic heterocycles. The fraction of sp³-hybridized carbons (Fsp3) is 0.933. The number of aliphatic hydroxyl groups is 1. The lowest BCUT2D eigenvalue weighted by atomic mass is 9.98. The minimum atomic E-state index is 0.188. The van der Waals surface area contributed by atoms with Gasteiger partial charge in [-0.2, -0.15) is 0 Å². The first-order valence-corrected chi connectivity index (χ1v) is 7.53. The highest BCUT2D eigenvalue weighted by Crippen LogP contribution is 2.17. The van der Waals surface area contributed by atoms with Crippen LogP contribution in [-0.2, 0) is 9.53 Å². The molecule has 1 amide bonds. The van der Waals surface area contributed by atoms with Gasteiger partial charge in [-0.05, 0) is 38.0 Å². The molecule has 1 saturated heterocycles. The van der Waals surface area contributed by atoms with Crippen LogP contribution in [-0.4, -0.2) is 48.3 Å². The highest BCUT2D eigenvalue weighted by molar-refractivity contribution is 5.76. The number of carbonyl (C=O) groups excluding carboxylic acids is 1. The first kappa shape index (κ1) is 16.4. The molecule has 0 saturated carbocycles. The monoisotopic (exact) mass is 271 g/mol. The maximum atomic E-state index is 12.0. The molecule has 4 heteroatoms. The van der Waals surface area contributed by atoms with Crippen LogP contribution in [0.3, 0.4) is 0 Å². The molecule has 1 heterocycles. The summed E-state index contributed by atoms with van der Waals surface area (Å²) in [6.07, 6.45) is 3.59. The van der Waals surface area contributed by atoms with Gasteiger partial charge in [0.05, 0.1) is 19.1 Å². The van der Waals surface area contributed by atoms with Crippen molar-refractivity contribution in [3.63, 3.8) is 0 Å². The minimum absolute atomic E-state index is 0.188. The lowest BCUT2D eigenvalue weighted by Gasteiger charge is -2.31. The molecule has 1 fully saturated rings. The lowest BCUT2D eigenvalue weighted by Crippen LogP contribution is -2.39. The van der Waals surface area contributed by atoms with E-state index < -0.39 is 0 Å². The molecular formula is C15H29NO3. The maximum Gasteiger partial charge on any atom is 0.224 e. The van der Waals surface area contributed by atoms with E-state index in [9.17, 15) is 4.79 Å². The highest BCUT2D eigenvalue weighted by Gasteiger charge is 2.22. The Hall–Kier alpha value is -0.610. The van der Waals surface area contributed by atoms with Crippen LogP contribution in [0.4, 0.5) is 0 Å². The summed E-state index contributed by atoms with van der Waals surface area (Å²) >= 11 is 0. The second kappa shape index (κ2) is 8.54. The van der Waals surface area contributed by atoms with Gasteiger partial charge in [-0.25, -0.2) is 0 Å². The molecule has 0 bridgehead atoms. The maximum absolute atomic E-state index is 12.0. The summed E-state index contributed by atoms with van der Waals surface area (Å²) < 4.78 is 5.67. The van der Waals surface area contributed by atoms with E-state index in [1.807, 2.05) is 4.90 Å². The summed E-state index contributed by atoms with van der Waals surface area (Å²) in [5.41, 5.74) is 0. The SMILES string of the molecule is CC(C)CC(C)OCCC(=O)N1CCC(CO)CC1. The molecule has 1 unspecified atom stereocenters. The van der Waals surface area contributed by atoms with Crippen molar-refractivity contribution in [1.82, 2.24) is 4.90 Å². The summed E-state index contributed by atoms with van der Waals surface area (Å²) in [5, 5.41) is 9.07. The fourth-order valence-electron chi connectivity index (χ4n) is 2.60. The number of likely N-dealkylation sites (tertiary alicyclic amines) is 1. The summed E-state index contributed by atoms with van der Waals surface area (Å²) in [6.45, 7) is 8.76. The zero-order valence-electron chi connectivity index (χ0n) is 12.6. The van der Waals surface area contributed by atoms with Crippen LogP contribution in [0, 0.1) is 11.8 Å². The van der Waals surface area contributed by atoms with Gasteiger partial charge in [-0.1, -0.05) is 13.8 Å². The third-order valence-electron chi connectivity index (χ3n) is 3.75. The molecule has 1 rings (SSSR count). The molecule has 0 aromatic rings. The topological polar surface area (TPSA) is 49.8 Å². The average Bonchev–Trinajstić information content (AvgIpc) is 2.37. The van der Waals surface area contributed by atoms with Gasteiger partial charge in [0.1, 0.15) is 0 Å². The number of aliphatic hydroxyl groups excluding tert-OH is 1. The van der Waals surface area contributed by atoms with Crippen LogP contribution in [0.1, 0.15) is 46.5 Å².